The number of nitrogen functional groups attached to an aromatic ring is 1. The van der Waals surface area contributed by atoms with Crippen molar-refractivity contribution in [3.8, 4) is 22.2 Å². The number of nitrogens with zero attached hydrogens (tertiary/aromatic N) is 3. The van der Waals surface area contributed by atoms with Crippen LogP contribution >= 0.6 is 11.3 Å². The lowest BCUT2D eigenvalue weighted by molar-refractivity contribution is 0.0883. The molecule has 31 heavy (non-hydrogen) atoms. The summed E-state index contributed by atoms with van der Waals surface area (Å²) in [7, 11) is -1.13. The zero-order valence-corrected chi connectivity index (χ0v) is 19.6. The number of fused-ring (bicyclic) bond motifs is 1. The van der Waals surface area contributed by atoms with Crippen LogP contribution < -0.4 is 10.5 Å². The van der Waals surface area contributed by atoms with Crippen molar-refractivity contribution in [2.24, 2.45) is 0 Å². The van der Waals surface area contributed by atoms with Gasteiger partial charge in [-0.15, -0.1) is 11.3 Å². The molecule has 9 heteroatoms. The first-order chi connectivity index (χ1) is 14.8. The van der Waals surface area contributed by atoms with E-state index in [0.717, 1.165) is 33.6 Å². The molecule has 0 amide bonds. The maximum absolute atomic E-state index is 14.2. The summed E-state index contributed by atoms with van der Waals surface area (Å²) in [5.41, 5.74) is 6.74. The van der Waals surface area contributed by atoms with Gasteiger partial charge in [0.1, 0.15) is 12.5 Å². The fraction of sp³-hybridized carbons (Fsp3) is 0.273. The molecular weight excluding hydrogens is 431 g/mol. The summed E-state index contributed by atoms with van der Waals surface area (Å²) in [4.78, 5) is 9.88. The van der Waals surface area contributed by atoms with E-state index in [0.29, 0.717) is 18.2 Å². The molecule has 0 fully saturated rings. The van der Waals surface area contributed by atoms with Crippen molar-refractivity contribution in [3.05, 3.63) is 54.7 Å². The molecule has 3 aromatic heterocycles. The zero-order chi connectivity index (χ0) is 22.0. The maximum Gasteiger partial charge on any atom is 0.167 e. The van der Waals surface area contributed by atoms with Gasteiger partial charge in [0.25, 0.3) is 0 Å². The first kappa shape index (κ1) is 21.5. The second-order valence-electron chi connectivity index (χ2n) is 8.49. The number of imidazole rings is 1. The van der Waals surface area contributed by atoms with Crippen LogP contribution in [0.15, 0.2) is 48.9 Å². The van der Waals surface area contributed by atoms with Crippen molar-refractivity contribution < 1.29 is 13.9 Å². The second kappa shape index (κ2) is 8.78. The SMILES string of the molecule is C[Si](C)(C)CCOCn1ccnc1-c1cc2nccc(Oc3ccc(N)cc3F)c2s1. The first-order valence-corrected chi connectivity index (χ1v) is 14.5. The number of thiophene rings is 1. The van der Waals surface area contributed by atoms with Crippen molar-refractivity contribution in [1.82, 2.24) is 14.5 Å². The van der Waals surface area contributed by atoms with Gasteiger partial charge in [0, 0.05) is 51.1 Å². The van der Waals surface area contributed by atoms with Crippen LogP contribution in [0.4, 0.5) is 10.1 Å². The normalized spacial score (nSPS) is 11.9. The molecule has 162 valence electrons. The summed E-state index contributed by atoms with van der Waals surface area (Å²) in [6.45, 7) is 8.19. The van der Waals surface area contributed by atoms with Gasteiger partial charge in [-0.3, -0.25) is 4.98 Å². The molecule has 0 atom stereocenters. The highest BCUT2D eigenvalue weighted by Gasteiger charge is 2.16. The Morgan fingerprint density at radius 2 is 1.94 bits per heavy atom. The monoisotopic (exact) mass is 456 g/mol. The Hall–Kier alpha value is -2.75. The molecule has 0 unspecified atom stereocenters. The summed E-state index contributed by atoms with van der Waals surface area (Å²) in [6, 6.07) is 9.18. The Morgan fingerprint density at radius 3 is 2.71 bits per heavy atom. The Kier molecular flexibility index (Phi) is 6.08. The number of halogens is 1. The van der Waals surface area contributed by atoms with E-state index in [9.17, 15) is 4.39 Å². The van der Waals surface area contributed by atoms with Crippen molar-refractivity contribution in [1.29, 1.82) is 0 Å². The summed E-state index contributed by atoms with van der Waals surface area (Å²) >= 11 is 1.50. The van der Waals surface area contributed by atoms with E-state index in [2.05, 4.69) is 29.6 Å². The average molecular weight is 457 g/mol. The van der Waals surface area contributed by atoms with Gasteiger partial charge in [0.05, 0.1) is 15.1 Å². The molecule has 3 heterocycles. The molecule has 0 aliphatic rings. The van der Waals surface area contributed by atoms with Crippen LogP contribution in [0.25, 0.3) is 20.9 Å². The Balaban J connectivity index is 1.57. The molecule has 0 saturated heterocycles. The predicted octanol–water partition coefficient (Wildman–Crippen LogP) is 5.99. The number of aromatic nitrogens is 3. The van der Waals surface area contributed by atoms with E-state index in [1.54, 1.807) is 24.5 Å². The molecule has 0 saturated carbocycles. The number of nitrogens with two attached hydrogens (primary N) is 1. The number of ether oxygens (including phenoxy) is 2. The third kappa shape index (κ3) is 5.12. The molecule has 2 N–H and O–H groups in total. The van der Waals surface area contributed by atoms with Gasteiger partial charge in [-0.05, 0) is 24.2 Å². The van der Waals surface area contributed by atoms with Gasteiger partial charge < -0.3 is 19.8 Å². The molecular formula is C22H25FN4O2SSi. The third-order valence-corrected chi connectivity index (χ3v) is 7.55. The smallest absolute Gasteiger partial charge is 0.167 e. The van der Waals surface area contributed by atoms with Crippen molar-refractivity contribution in [2.75, 3.05) is 12.3 Å². The second-order valence-corrected chi connectivity index (χ2v) is 15.2. The number of rotatable bonds is 8. The number of pyridine rings is 1. The summed E-state index contributed by atoms with van der Waals surface area (Å²) in [6.07, 6.45) is 5.31. The lowest BCUT2D eigenvalue weighted by Gasteiger charge is -2.15. The van der Waals surface area contributed by atoms with E-state index in [1.807, 2.05) is 16.8 Å². The quantitative estimate of drug-likeness (QED) is 0.200. The van der Waals surface area contributed by atoms with Gasteiger partial charge in [-0.1, -0.05) is 19.6 Å². The predicted molar refractivity (Wildman–Crippen MR) is 126 cm³/mol. The molecule has 0 radical (unpaired) electrons. The van der Waals surface area contributed by atoms with Crippen LogP contribution in [-0.4, -0.2) is 29.2 Å². The highest BCUT2D eigenvalue weighted by atomic mass is 32.1. The molecule has 0 aliphatic heterocycles. The van der Waals surface area contributed by atoms with E-state index in [4.69, 9.17) is 15.2 Å². The number of hydrogen-bond donors (Lipinski definition) is 1. The van der Waals surface area contributed by atoms with Crippen LogP contribution in [0.1, 0.15) is 0 Å². The van der Waals surface area contributed by atoms with Crippen LogP contribution in [0.5, 0.6) is 11.5 Å². The van der Waals surface area contributed by atoms with Crippen molar-refractivity contribution in [3.63, 3.8) is 0 Å². The minimum atomic E-state index is -1.13. The molecule has 0 aliphatic carbocycles. The maximum atomic E-state index is 14.2. The highest BCUT2D eigenvalue weighted by molar-refractivity contribution is 7.22. The van der Waals surface area contributed by atoms with Gasteiger partial charge in [0.2, 0.25) is 0 Å². The van der Waals surface area contributed by atoms with Gasteiger partial charge in [0.15, 0.2) is 17.4 Å². The number of hydrogen-bond acceptors (Lipinski definition) is 6. The Labute approximate surface area is 185 Å². The lowest BCUT2D eigenvalue weighted by Crippen LogP contribution is -2.22. The van der Waals surface area contributed by atoms with E-state index in [1.165, 1.54) is 23.5 Å². The summed E-state index contributed by atoms with van der Waals surface area (Å²) < 4.78 is 28.7. The highest BCUT2D eigenvalue weighted by Crippen LogP contribution is 2.39. The van der Waals surface area contributed by atoms with Gasteiger partial charge in [-0.2, -0.15) is 0 Å². The van der Waals surface area contributed by atoms with Crippen LogP contribution in [0, 0.1) is 5.82 Å². The van der Waals surface area contributed by atoms with Crippen LogP contribution in [0.2, 0.25) is 25.7 Å². The molecule has 0 spiro atoms. The van der Waals surface area contributed by atoms with E-state index >= 15 is 0 Å². The van der Waals surface area contributed by atoms with Crippen LogP contribution in [0.3, 0.4) is 0 Å². The molecule has 1 aromatic carbocycles. The summed E-state index contributed by atoms with van der Waals surface area (Å²) in [5.74, 6) is 0.955. The van der Waals surface area contributed by atoms with Crippen LogP contribution in [-0.2, 0) is 11.5 Å². The van der Waals surface area contributed by atoms with Crippen molar-refractivity contribution >= 4 is 35.3 Å². The average Bonchev–Trinajstić information content (AvgIpc) is 3.33. The number of benzene rings is 1. The topological polar surface area (TPSA) is 75.2 Å². The largest absolute Gasteiger partial charge is 0.453 e. The Bertz CT molecular complexity index is 1200. The van der Waals surface area contributed by atoms with Gasteiger partial charge in [-0.25, -0.2) is 9.37 Å². The van der Waals surface area contributed by atoms with E-state index < -0.39 is 13.9 Å². The lowest BCUT2D eigenvalue weighted by atomic mass is 10.3. The molecule has 0 bridgehead atoms. The first-order valence-electron chi connectivity index (χ1n) is 10.0. The molecule has 4 aromatic rings. The van der Waals surface area contributed by atoms with E-state index in [-0.39, 0.29) is 5.75 Å². The minimum Gasteiger partial charge on any atom is -0.453 e. The minimum absolute atomic E-state index is 0.119. The number of anilines is 1. The zero-order valence-electron chi connectivity index (χ0n) is 17.8. The summed E-state index contributed by atoms with van der Waals surface area (Å²) in [5, 5.41) is 0. The van der Waals surface area contributed by atoms with Gasteiger partial charge >= 0.3 is 0 Å². The Morgan fingerprint density at radius 1 is 1.10 bits per heavy atom. The fourth-order valence-corrected chi connectivity index (χ4v) is 4.84. The molecule has 4 rings (SSSR count). The third-order valence-electron chi connectivity index (χ3n) is 4.71. The molecule has 6 nitrogen and oxygen atoms in total. The van der Waals surface area contributed by atoms with Crippen molar-refractivity contribution in [2.45, 2.75) is 32.4 Å². The standard InChI is InChI=1S/C22H25FN4O2SSi/c1-31(2,3)11-10-28-14-27-9-8-26-22(27)20-13-17-21(30-20)19(6-7-25-17)29-18-5-4-15(24)12-16(18)23/h4-9,12-13H,10-11,14,24H2,1-3H3. The fourth-order valence-electron chi connectivity index (χ4n) is 3.00.